The third kappa shape index (κ3) is 3.98. The average molecular weight is 490 g/mol. The predicted octanol–water partition coefficient (Wildman–Crippen LogP) is 4.88. The zero-order valence-corrected chi connectivity index (χ0v) is 20.6. The molecule has 34 heavy (non-hydrogen) atoms. The number of hydrogen-bond donors (Lipinski definition) is 1. The Morgan fingerprint density at radius 2 is 1.79 bits per heavy atom. The summed E-state index contributed by atoms with van der Waals surface area (Å²) in [5, 5.41) is 11.9. The molecule has 0 saturated heterocycles. The highest BCUT2D eigenvalue weighted by Crippen LogP contribution is 2.45. The van der Waals surface area contributed by atoms with Gasteiger partial charge in [-0.05, 0) is 53.8 Å². The highest BCUT2D eigenvalue weighted by Gasteiger charge is 2.48. The number of fused-ring (bicyclic) bond motifs is 1. The Balaban J connectivity index is 1.68. The number of ether oxygens (including phenoxy) is 1. The van der Waals surface area contributed by atoms with E-state index in [2.05, 4.69) is 14.8 Å². The summed E-state index contributed by atoms with van der Waals surface area (Å²) in [5.41, 5.74) is 5.51. The maximum Gasteiger partial charge on any atom is 0.342 e. The number of anilines is 1. The van der Waals surface area contributed by atoms with Crippen LogP contribution in [0.5, 0.6) is 0 Å². The first-order valence-electron chi connectivity index (χ1n) is 10.7. The standard InChI is InChI=1S/C26H23N3O3S2/c1-29(2)19-6-4-5-16(13-19)14-21-24(17-7-12-22-23(15-17)28-34-27-22)25(30)32-26(21,31)18-8-10-20(33-3)11-9-18/h4-13,15,31H,14H2,1-3H3. The first kappa shape index (κ1) is 22.6. The normalized spacial score (nSPS) is 17.9. The van der Waals surface area contributed by atoms with Crippen LogP contribution < -0.4 is 4.90 Å². The fourth-order valence-electron chi connectivity index (χ4n) is 4.18. The monoisotopic (exact) mass is 489 g/mol. The molecule has 1 atom stereocenters. The molecule has 3 aromatic carbocycles. The van der Waals surface area contributed by atoms with Gasteiger partial charge in [0, 0.05) is 42.2 Å². The highest BCUT2D eigenvalue weighted by atomic mass is 32.2. The summed E-state index contributed by atoms with van der Waals surface area (Å²) in [5.74, 6) is -2.43. The Hall–Kier alpha value is -3.20. The topological polar surface area (TPSA) is 75.5 Å². The number of esters is 1. The molecule has 1 aliphatic rings. The van der Waals surface area contributed by atoms with Crippen molar-refractivity contribution in [2.75, 3.05) is 25.3 Å². The van der Waals surface area contributed by atoms with Crippen LogP contribution in [0.1, 0.15) is 16.7 Å². The number of cyclic esters (lactones) is 1. The molecule has 1 N–H and O–H groups in total. The second-order valence-corrected chi connectivity index (χ2v) is 9.73. The van der Waals surface area contributed by atoms with E-state index in [0.29, 0.717) is 34.2 Å². The largest absolute Gasteiger partial charge is 0.421 e. The molecule has 172 valence electrons. The van der Waals surface area contributed by atoms with E-state index < -0.39 is 11.8 Å². The molecular formula is C26H23N3O3S2. The van der Waals surface area contributed by atoms with Crippen molar-refractivity contribution in [3.8, 4) is 0 Å². The fraction of sp³-hybridized carbons (Fsp3) is 0.192. The molecule has 6 nitrogen and oxygen atoms in total. The Bertz CT molecular complexity index is 1410. The summed E-state index contributed by atoms with van der Waals surface area (Å²) in [6, 6.07) is 21.0. The summed E-state index contributed by atoms with van der Waals surface area (Å²) >= 11 is 2.73. The SMILES string of the molecule is CSc1ccc(C2(O)OC(=O)C(c3ccc4nsnc4c3)=C2Cc2cccc(N(C)C)c2)cc1. The molecule has 1 unspecified atom stereocenters. The molecule has 8 heteroatoms. The van der Waals surface area contributed by atoms with E-state index in [4.69, 9.17) is 4.74 Å². The van der Waals surface area contributed by atoms with Gasteiger partial charge in [0.25, 0.3) is 5.79 Å². The van der Waals surface area contributed by atoms with E-state index in [1.165, 1.54) is 0 Å². The molecule has 1 aromatic heterocycles. The predicted molar refractivity (Wildman–Crippen MR) is 137 cm³/mol. The van der Waals surface area contributed by atoms with Gasteiger partial charge < -0.3 is 14.7 Å². The molecule has 1 aliphatic heterocycles. The molecule has 0 fully saturated rings. The van der Waals surface area contributed by atoms with E-state index in [0.717, 1.165) is 33.4 Å². The van der Waals surface area contributed by atoms with Gasteiger partial charge in [-0.25, -0.2) is 4.79 Å². The van der Waals surface area contributed by atoms with Gasteiger partial charge in [0.1, 0.15) is 11.0 Å². The van der Waals surface area contributed by atoms with Gasteiger partial charge in [0.05, 0.1) is 17.3 Å². The van der Waals surface area contributed by atoms with Crippen molar-refractivity contribution in [3.05, 3.63) is 89.0 Å². The van der Waals surface area contributed by atoms with Crippen LogP contribution in [0.25, 0.3) is 16.6 Å². The number of carbonyl (C=O) groups is 1. The maximum atomic E-state index is 13.3. The van der Waals surface area contributed by atoms with Crippen LogP contribution in [-0.4, -0.2) is 40.2 Å². The van der Waals surface area contributed by atoms with Crippen LogP contribution >= 0.6 is 23.5 Å². The molecule has 0 bridgehead atoms. The molecule has 0 radical (unpaired) electrons. The minimum absolute atomic E-state index is 0.344. The fourth-order valence-corrected chi connectivity index (χ4v) is 5.10. The minimum Gasteiger partial charge on any atom is -0.421 e. The Labute approximate surface area is 206 Å². The lowest BCUT2D eigenvalue weighted by atomic mass is 9.88. The minimum atomic E-state index is -1.87. The number of thioether (sulfide) groups is 1. The van der Waals surface area contributed by atoms with Crippen LogP contribution in [0, 0.1) is 0 Å². The van der Waals surface area contributed by atoms with Crippen LogP contribution in [0.15, 0.2) is 77.2 Å². The highest BCUT2D eigenvalue weighted by molar-refractivity contribution is 7.98. The number of benzene rings is 3. The third-order valence-electron chi connectivity index (χ3n) is 5.99. The van der Waals surface area contributed by atoms with Gasteiger partial charge in [-0.1, -0.05) is 30.3 Å². The Morgan fingerprint density at radius 1 is 1.03 bits per heavy atom. The van der Waals surface area contributed by atoms with Crippen molar-refractivity contribution in [2.24, 2.45) is 0 Å². The van der Waals surface area contributed by atoms with Gasteiger partial charge in [0.15, 0.2) is 0 Å². The summed E-state index contributed by atoms with van der Waals surface area (Å²) in [7, 11) is 3.96. The number of rotatable bonds is 6. The third-order valence-corrected chi connectivity index (χ3v) is 7.29. The van der Waals surface area contributed by atoms with E-state index >= 15 is 0 Å². The Kier molecular flexibility index (Phi) is 5.89. The molecule has 2 heterocycles. The van der Waals surface area contributed by atoms with E-state index in [9.17, 15) is 9.90 Å². The number of aromatic nitrogens is 2. The van der Waals surface area contributed by atoms with Crippen molar-refractivity contribution < 1.29 is 14.6 Å². The second-order valence-electron chi connectivity index (χ2n) is 8.32. The summed E-state index contributed by atoms with van der Waals surface area (Å²) in [6.45, 7) is 0. The van der Waals surface area contributed by atoms with Crippen LogP contribution in [0.4, 0.5) is 5.69 Å². The van der Waals surface area contributed by atoms with Crippen molar-refractivity contribution in [1.29, 1.82) is 0 Å². The summed E-state index contributed by atoms with van der Waals surface area (Å²) in [6.07, 6.45) is 2.33. The number of carbonyl (C=O) groups excluding carboxylic acids is 1. The number of hydrogen-bond acceptors (Lipinski definition) is 8. The quantitative estimate of drug-likeness (QED) is 0.306. The van der Waals surface area contributed by atoms with Gasteiger partial charge in [-0.15, -0.1) is 11.8 Å². The molecule has 4 aromatic rings. The van der Waals surface area contributed by atoms with Gasteiger partial charge in [-0.3, -0.25) is 0 Å². The second kappa shape index (κ2) is 8.87. The zero-order valence-electron chi connectivity index (χ0n) is 19.0. The lowest BCUT2D eigenvalue weighted by molar-refractivity contribution is -0.185. The van der Waals surface area contributed by atoms with Crippen molar-refractivity contribution in [3.63, 3.8) is 0 Å². The van der Waals surface area contributed by atoms with Gasteiger partial charge >= 0.3 is 5.97 Å². The molecule has 5 rings (SSSR count). The van der Waals surface area contributed by atoms with E-state index in [1.807, 2.05) is 85.9 Å². The lowest BCUT2D eigenvalue weighted by Gasteiger charge is -2.26. The van der Waals surface area contributed by atoms with Crippen molar-refractivity contribution in [1.82, 2.24) is 8.75 Å². The molecule has 0 saturated carbocycles. The molecule has 0 aliphatic carbocycles. The van der Waals surface area contributed by atoms with E-state index in [-0.39, 0.29) is 0 Å². The summed E-state index contributed by atoms with van der Waals surface area (Å²) < 4.78 is 14.3. The number of aliphatic hydroxyl groups is 1. The smallest absolute Gasteiger partial charge is 0.342 e. The first-order chi connectivity index (χ1) is 16.4. The maximum absolute atomic E-state index is 13.3. The first-order valence-corrected chi connectivity index (χ1v) is 12.7. The van der Waals surface area contributed by atoms with Crippen LogP contribution in [0.2, 0.25) is 0 Å². The van der Waals surface area contributed by atoms with Gasteiger partial charge in [0.2, 0.25) is 0 Å². The molecule has 0 spiro atoms. The van der Waals surface area contributed by atoms with Crippen LogP contribution in [-0.2, 0) is 21.7 Å². The van der Waals surface area contributed by atoms with Crippen LogP contribution in [0.3, 0.4) is 0 Å². The number of nitrogens with zero attached hydrogens (tertiary/aromatic N) is 3. The molecule has 0 amide bonds. The average Bonchev–Trinajstić information content (AvgIpc) is 3.41. The van der Waals surface area contributed by atoms with Crippen molar-refractivity contribution in [2.45, 2.75) is 17.1 Å². The van der Waals surface area contributed by atoms with E-state index in [1.54, 1.807) is 11.8 Å². The van der Waals surface area contributed by atoms with Crippen molar-refractivity contribution >= 4 is 51.8 Å². The van der Waals surface area contributed by atoms with Gasteiger partial charge in [-0.2, -0.15) is 8.75 Å². The lowest BCUT2D eigenvalue weighted by Crippen LogP contribution is -2.29. The summed E-state index contributed by atoms with van der Waals surface area (Å²) in [4.78, 5) is 16.3. The molecular weight excluding hydrogens is 466 g/mol. The Morgan fingerprint density at radius 3 is 2.53 bits per heavy atom. The zero-order chi connectivity index (χ0) is 23.9.